The summed E-state index contributed by atoms with van der Waals surface area (Å²) in [6.45, 7) is 0.719. The Balaban J connectivity index is 1.56. The lowest BCUT2D eigenvalue weighted by Gasteiger charge is -2.25. The molecule has 1 aliphatic rings. The van der Waals surface area contributed by atoms with E-state index in [9.17, 15) is 9.18 Å². The van der Waals surface area contributed by atoms with E-state index in [0.29, 0.717) is 19.4 Å². The summed E-state index contributed by atoms with van der Waals surface area (Å²) in [7, 11) is 3.93. The van der Waals surface area contributed by atoms with E-state index in [2.05, 4.69) is 5.32 Å². The van der Waals surface area contributed by atoms with Crippen LogP contribution in [0.15, 0.2) is 42.5 Å². The number of hydrogen-bond acceptors (Lipinski definition) is 4. The first-order chi connectivity index (χ1) is 12.5. The second kappa shape index (κ2) is 8.19. The number of rotatable bonds is 7. The van der Waals surface area contributed by atoms with E-state index in [4.69, 9.17) is 9.47 Å². The van der Waals surface area contributed by atoms with E-state index in [1.165, 1.54) is 12.1 Å². The summed E-state index contributed by atoms with van der Waals surface area (Å²) in [5, 5.41) is 2.97. The van der Waals surface area contributed by atoms with E-state index in [0.717, 1.165) is 22.6 Å². The molecule has 0 saturated heterocycles. The molecule has 1 unspecified atom stereocenters. The van der Waals surface area contributed by atoms with Crippen LogP contribution in [0.2, 0.25) is 0 Å². The van der Waals surface area contributed by atoms with Gasteiger partial charge < -0.3 is 19.7 Å². The van der Waals surface area contributed by atoms with Gasteiger partial charge in [-0.3, -0.25) is 4.79 Å². The molecule has 0 aliphatic carbocycles. The van der Waals surface area contributed by atoms with Crippen LogP contribution in [-0.4, -0.2) is 38.2 Å². The molecule has 0 bridgehead atoms. The number of amides is 1. The van der Waals surface area contributed by atoms with Crippen LogP contribution in [0.1, 0.15) is 23.6 Å². The van der Waals surface area contributed by atoms with E-state index in [1.54, 1.807) is 6.07 Å². The highest BCUT2D eigenvalue weighted by atomic mass is 19.1. The Labute approximate surface area is 152 Å². The summed E-state index contributed by atoms with van der Waals surface area (Å²) in [6, 6.07) is 12.2. The fraction of sp³-hybridized carbons (Fsp3) is 0.350. The summed E-state index contributed by atoms with van der Waals surface area (Å²) in [5.41, 5.74) is 1.87. The first-order valence-corrected chi connectivity index (χ1v) is 8.60. The number of hydrogen-bond donors (Lipinski definition) is 1. The van der Waals surface area contributed by atoms with Crippen molar-refractivity contribution in [2.24, 2.45) is 0 Å². The SMILES string of the molecule is CN(C)C(CNC(=O)CCc1cccc(F)c1)c1ccc2c(c1)OCO2. The Kier molecular flexibility index (Phi) is 5.73. The normalized spacial score (nSPS) is 13.7. The maximum absolute atomic E-state index is 13.2. The van der Waals surface area contributed by atoms with Crippen LogP contribution >= 0.6 is 0 Å². The number of carbonyl (C=O) groups is 1. The van der Waals surface area contributed by atoms with Crippen LogP contribution < -0.4 is 14.8 Å². The summed E-state index contributed by atoms with van der Waals surface area (Å²) >= 11 is 0. The molecular formula is C20H23FN2O3. The molecule has 0 spiro atoms. The zero-order valence-corrected chi connectivity index (χ0v) is 15.0. The second-order valence-corrected chi connectivity index (χ2v) is 6.53. The molecule has 1 amide bonds. The van der Waals surface area contributed by atoms with Crippen molar-refractivity contribution >= 4 is 5.91 Å². The van der Waals surface area contributed by atoms with Crippen molar-refractivity contribution in [2.75, 3.05) is 27.4 Å². The van der Waals surface area contributed by atoms with Gasteiger partial charge in [-0.25, -0.2) is 4.39 Å². The molecular weight excluding hydrogens is 335 g/mol. The molecule has 2 aromatic carbocycles. The van der Waals surface area contributed by atoms with Crippen LogP contribution in [-0.2, 0) is 11.2 Å². The third kappa shape index (κ3) is 4.52. The third-order valence-corrected chi connectivity index (χ3v) is 4.43. The zero-order valence-electron chi connectivity index (χ0n) is 15.0. The van der Waals surface area contributed by atoms with E-state index in [1.807, 2.05) is 43.3 Å². The molecule has 1 atom stereocenters. The summed E-state index contributed by atoms with van der Waals surface area (Å²) in [6.07, 6.45) is 0.838. The Morgan fingerprint density at radius 2 is 2.00 bits per heavy atom. The van der Waals surface area contributed by atoms with E-state index < -0.39 is 0 Å². The molecule has 1 aliphatic heterocycles. The lowest BCUT2D eigenvalue weighted by molar-refractivity contribution is -0.121. The molecule has 0 saturated carbocycles. The van der Waals surface area contributed by atoms with E-state index in [-0.39, 0.29) is 24.6 Å². The number of aryl methyl sites for hydroxylation is 1. The zero-order chi connectivity index (χ0) is 18.5. The first kappa shape index (κ1) is 18.2. The lowest BCUT2D eigenvalue weighted by Crippen LogP contribution is -2.34. The standard InChI is InChI=1S/C20H23FN2O3/c1-23(2)17(15-7-8-18-19(11-15)26-13-25-18)12-22-20(24)9-6-14-4-3-5-16(21)10-14/h3-5,7-8,10-11,17H,6,9,12-13H2,1-2H3,(H,22,24). The van der Waals surface area contributed by atoms with Gasteiger partial charge in [-0.15, -0.1) is 0 Å². The highest BCUT2D eigenvalue weighted by Crippen LogP contribution is 2.34. The maximum atomic E-state index is 13.2. The summed E-state index contributed by atoms with van der Waals surface area (Å²) in [4.78, 5) is 14.2. The Hall–Kier alpha value is -2.60. The van der Waals surface area contributed by atoms with Crippen molar-refractivity contribution in [2.45, 2.75) is 18.9 Å². The predicted molar refractivity (Wildman–Crippen MR) is 96.7 cm³/mol. The molecule has 1 N–H and O–H groups in total. The van der Waals surface area contributed by atoms with Gasteiger partial charge in [0.2, 0.25) is 12.7 Å². The minimum absolute atomic E-state index is 0.0163. The molecule has 26 heavy (non-hydrogen) atoms. The number of fused-ring (bicyclic) bond motifs is 1. The minimum atomic E-state index is -0.279. The fourth-order valence-electron chi connectivity index (χ4n) is 2.97. The van der Waals surface area contributed by atoms with Crippen LogP contribution in [0.25, 0.3) is 0 Å². The number of likely N-dealkylation sites (N-methyl/N-ethyl adjacent to an activating group) is 1. The number of halogens is 1. The number of benzene rings is 2. The van der Waals surface area contributed by atoms with Crippen molar-refractivity contribution in [3.63, 3.8) is 0 Å². The van der Waals surface area contributed by atoms with Crippen LogP contribution in [0.5, 0.6) is 11.5 Å². The van der Waals surface area contributed by atoms with Gasteiger partial charge in [-0.1, -0.05) is 18.2 Å². The minimum Gasteiger partial charge on any atom is -0.454 e. The van der Waals surface area contributed by atoms with Crippen molar-refractivity contribution in [3.05, 3.63) is 59.4 Å². The van der Waals surface area contributed by atoms with Crippen molar-refractivity contribution in [1.29, 1.82) is 0 Å². The highest BCUT2D eigenvalue weighted by Gasteiger charge is 2.20. The van der Waals surface area contributed by atoms with Crippen LogP contribution in [0.4, 0.5) is 4.39 Å². The average molecular weight is 358 g/mol. The van der Waals surface area contributed by atoms with Gasteiger partial charge in [0.25, 0.3) is 0 Å². The number of carbonyl (C=O) groups excluding carboxylic acids is 1. The topological polar surface area (TPSA) is 50.8 Å². The van der Waals surface area contributed by atoms with Gasteiger partial charge in [-0.2, -0.15) is 0 Å². The van der Waals surface area contributed by atoms with Gasteiger partial charge >= 0.3 is 0 Å². The molecule has 5 nitrogen and oxygen atoms in total. The van der Waals surface area contributed by atoms with Gasteiger partial charge in [-0.05, 0) is 55.9 Å². The monoisotopic (exact) mass is 358 g/mol. The van der Waals surface area contributed by atoms with Gasteiger partial charge in [0.1, 0.15) is 5.82 Å². The molecule has 138 valence electrons. The highest BCUT2D eigenvalue weighted by molar-refractivity contribution is 5.76. The molecule has 6 heteroatoms. The first-order valence-electron chi connectivity index (χ1n) is 8.60. The fourth-order valence-corrected chi connectivity index (χ4v) is 2.97. The van der Waals surface area contributed by atoms with E-state index >= 15 is 0 Å². The van der Waals surface area contributed by atoms with Crippen molar-refractivity contribution in [3.8, 4) is 11.5 Å². The van der Waals surface area contributed by atoms with Gasteiger partial charge in [0, 0.05) is 13.0 Å². The number of ether oxygens (including phenoxy) is 2. The average Bonchev–Trinajstić information content (AvgIpc) is 3.08. The van der Waals surface area contributed by atoms with Crippen LogP contribution in [0.3, 0.4) is 0 Å². The quantitative estimate of drug-likeness (QED) is 0.827. The third-order valence-electron chi connectivity index (χ3n) is 4.43. The Bertz CT molecular complexity index is 779. The molecule has 1 heterocycles. The Morgan fingerprint density at radius 1 is 1.19 bits per heavy atom. The number of nitrogens with zero attached hydrogens (tertiary/aromatic N) is 1. The Morgan fingerprint density at radius 3 is 2.77 bits per heavy atom. The molecule has 2 aromatic rings. The van der Waals surface area contributed by atoms with Gasteiger partial charge in [0.05, 0.1) is 6.04 Å². The maximum Gasteiger partial charge on any atom is 0.231 e. The molecule has 0 radical (unpaired) electrons. The predicted octanol–water partition coefficient (Wildman–Crippen LogP) is 2.91. The summed E-state index contributed by atoms with van der Waals surface area (Å²) in [5.74, 6) is 1.14. The largest absolute Gasteiger partial charge is 0.454 e. The van der Waals surface area contributed by atoms with Crippen molar-refractivity contribution in [1.82, 2.24) is 10.2 Å². The lowest BCUT2D eigenvalue weighted by atomic mass is 10.0. The van der Waals surface area contributed by atoms with Crippen LogP contribution in [0, 0.1) is 5.82 Å². The number of nitrogens with one attached hydrogen (secondary N) is 1. The molecule has 0 fully saturated rings. The van der Waals surface area contributed by atoms with Gasteiger partial charge in [0.15, 0.2) is 11.5 Å². The van der Waals surface area contributed by atoms with Crippen molar-refractivity contribution < 1.29 is 18.7 Å². The molecule has 0 aromatic heterocycles. The second-order valence-electron chi connectivity index (χ2n) is 6.53. The smallest absolute Gasteiger partial charge is 0.231 e. The molecule has 3 rings (SSSR count). The summed E-state index contributed by atoms with van der Waals surface area (Å²) < 4.78 is 24.0.